The van der Waals surface area contributed by atoms with E-state index in [0.29, 0.717) is 17.0 Å². The van der Waals surface area contributed by atoms with Crippen molar-refractivity contribution in [1.82, 2.24) is 5.32 Å². The minimum Gasteiger partial charge on any atom is -0.482 e. The maximum Gasteiger partial charge on any atom is 0.330 e. The molecule has 0 aliphatic carbocycles. The van der Waals surface area contributed by atoms with Gasteiger partial charge in [-0.05, 0) is 42.7 Å². The average molecular weight is 368 g/mol. The first kappa shape index (κ1) is 18.4. The van der Waals surface area contributed by atoms with E-state index < -0.39 is 17.9 Å². The molecule has 2 aromatic rings. The molecule has 0 saturated heterocycles. The molecule has 1 atom stereocenters. The standard InChI is InChI=1S/C20H20N2O5/c1-12-7-8-14(9-13(12)2)19(20(25)26)21-17(23)10-22-15-5-3-4-6-16(15)27-11-18(22)24/h3-9,19H,10-11H2,1-2H3,(H,21,23)(H,25,26). The van der Waals surface area contributed by atoms with Crippen LogP contribution in [0.1, 0.15) is 22.7 Å². The van der Waals surface area contributed by atoms with E-state index in [0.717, 1.165) is 11.1 Å². The molecule has 0 saturated carbocycles. The van der Waals surface area contributed by atoms with Crippen LogP contribution in [0.4, 0.5) is 5.69 Å². The lowest BCUT2D eigenvalue weighted by Crippen LogP contribution is -2.46. The Morgan fingerprint density at radius 3 is 2.63 bits per heavy atom. The van der Waals surface area contributed by atoms with Gasteiger partial charge in [-0.25, -0.2) is 4.79 Å². The first-order valence-electron chi connectivity index (χ1n) is 8.48. The number of aliphatic carboxylic acids is 1. The van der Waals surface area contributed by atoms with Crippen molar-refractivity contribution in [3.05, 3.63) is 59.2 Å². The Kier molecular flexibility index (Phi) is 5.12. The Morgan fingerprint density at radius 1 is 1.19 bits per heavy atom. The maximum atomic E-state index is 12.5. The number of para-hydroxylation sites is 2. The van der Waals surface area contributed by atoms with E-state index in [9.17, 15) is 19.5 Å². The number of hydrogen-bond donors (Lipinski definition) is 2. The molecule has 1 unspecified atom stereocenters. The van der Waals surface area contributed by atoms with E-state index in [4.69, 9.17) is 4.74 Å². The number of anilines is 1. The van der Waals surface area contributed by atoms with Crippen LogP contribution in [0.2, 0.25) is 0 Å². The zero-order chi connectivity index (χ0) is 19.6. The highest BCUT2D eigenvalue weighted by Gasteiger charge is 2.29. The molecule has 2 amide bonds. The molecule has 3 rings (SSSR count). The molecule has 0 aromatic heterocycles. The zero-order valence-corrected chi connectivity index (χ0v) is 15.1. The molecule has 140 valence electrons. The fraction of sp³-hybridized carbons (Fsp3) is 0.250. The number of carbonyl (C=O) groups is 3. The molecule has 0 bridgehead atoms. The molecule has 0 fully saturated rings. The summed E-state index contributed by atoms with van der Waals surface area (Å²) in [4.78, 5) is 37.6. The van der Waals surface area contributed by atoms with Crippen LogP contribution in [-0.4, -0.2) is 36.0 Å². The molecule has 2 aromatic carbocycles. The van der Waals surface area contributed by atoms with E-state index in [1.54, 1.807) is 36.4 Å². The van der Waals surface area contributed by atoms with Crippen LogP contribution in [-0.2, 0) is 14.4 Å². The van der Waals surface area contributed by atoms with Gasteiger partial charge in [0.15, 0.2) is 12.6 Å². The fourth-order valence-corrected chi connectivity index (χ4v) is 2.91. The van der Waals surface area contributed by atoms with Gasteiger partial charge in [0.25, 0.3) is 5.91 Å². The van der Waals surface area contributed by atoms with Crippen LogP contribution >= 0.6 is 0 Å². The third kappa shape index (κ3) is 3.92. The van der Waals surface area contributed by atoms with Gasteiger partial charge in [0.2, 0.25) is 5.91 Å². The van der Waals surface area contributed by atoms with Gasteiger partial charge in [-0.3, -0.25) is 14.5 Å². The summed E-state index contributed by atoms with van der Waals surface area (Å²) in [5.41, 5.74) is 2.93. The molecule has 1 aliphatic heterocycles. The van der Waals surface area contributed by atoms with Crippen molar-refractivity contribution in [3.8, 4) is 5.75 Å². The van der Waals surface area contributed by atoms with Gasteiger partial charge in [0, 0.05) is 0 Å². The second kappa shape index (κ2) is 7.49. The predicted octanol–water partition coefficient (Wildman–Crippen LogP) is 1.97. The van der Waals surface area contributed by atoms with Gasteiger partial charge in [-0.15, -0.1) is 0 Å². The number of benzene rings is 2. The maximum absolute atomic E-state index is 12.5. The molecular weight excluding hydrogens is 348 g/mol. The zero-order valence-electron chi connectivity index (χ0n) is 15.1. The number of carboxylic acids is 1. The molecule has 0 radical (unpaired) electrons. The highest BCUT2D eigenvalue weighted by molar-refractivity contribution is 6.02. The monoisotopic (exact) mass is 368 g/mol. The highest BCUT2D eigenvalue weighted by atomic mass is 16.5. The number of hydrogen-bond acceptors (Lipinski definition) is 4. The summed E-state index contributed by atoms with van der Waals surface area (Å²) in [5.74, 6) is -1.58. The van der Waals surface area contributed by atoms with Gasteiger partial charge < -0.3 is 15.2 Å². The van der Waals surface area contributed by atoms with Crippen molar-refractivity contribution in [1.29, 1.82) is 0 Å². The lowest BCUT2D eigenvalue weighted by molar-refractivity contribution is -0.141. The molecule has 2 N–H and O–H groups in total. The first-order valence-corrected chi connectivity index (χ1v) is 8.48. The summed E-state index contributed by atoms with van der Waals surface area (Å²) < 4.78 is 5.34. The SMILES string of the molecule is Cc1ccc(C(NC(=O)CN2C(=O)COc3ccccc32)C(=O)O)cc1C. The number of nitrogens with zero attached hydrogens (tertiary/aromatic N) is 1. The van der Waals surface area contributed by atoms with Crippen LogP contribution in [0.15, 0.2) is 42.5 Å². The van der Waals surface area contributed by atoms with Crippen molar-refractivity contribution in [3.63, 3.8) is 0 Å². The second-order valence-corrected chi connectivity index (χ2v) is 6.42. The number of carboxylic acid groups (broad SMARTS) is 1. The first-order chi connectivity index (χ1) is 12.9. The van der Waals surface area contributed by atoms with E-state index in [2.05, 4.69) is 5.32 Å². The van der Waals surface area contributed by atoms with Crippen LogP contribution in [0, 0.1) is 13.8 Å². The minimum absolute atomic E-state index is 0.163. The van der Waals surface area contributed by atoms with Crippen LogP contribution < -0.4 is 15.0 Å². The smallest absolute Gasteiger partial charge is 0.330 e. The van der Waals surface area contributed by atoms with Gasteiger partial charge in [0.1, 0.15) is 12.3 Å². The number of nitrogens with one attached hydrogen (secondary N) is 1. The van der Waals surface area contributed by atoms with Crippen molar-refractivity contribution < 1.29 is 24.2 Å². The minimum atomic E-state index is -1.19. The molecule has 7 nitrogen and oxygen atoms in total. The molecule has 0 spiro atoms. The third-order valence-electron chi connectivity index (χ3n) is 4.53. The Bertz CT molecular complexity index is 909. The summed E-state index contributed by atoms with van der Waals surface area (Å²) in [5, 5.41) is 12.0. The van der Waals surface area contributed by atoms with E-state index in [1.807, 2.05) is 19.9 Å². The van der Waals surface area contributed by atoms with Crippen LogP contribution in [0.3, 0.4) is 0 Å². The van der Waals surface area contributed by atoms with E-state index in [1.165, 1.54) is 4.90 Å². The summed E-state index contributed by atoms with van der Waals surface area (Å²) in [7, 11) is 0. The van der Waals surface area contributed by atoms with E-state index in [-0.39, 0.29) is 19.1 Å². The Labute approximate surface area is 156 Å². The second-order valence-electron chi connectivity index (χ2n) is 6.42. The van der Waals surface area contributed by atoms with Gasteiger partial charge in [-0.2, -0.15) is 0 Å². The van der Waals surface area contributed by atoms with Crippen LogP contribution in [0.25, 0.3) is 0 Å². The number of fused-ring (bicyclic) bond motifs is 1. The summed E-state index contributed by atoms with van der Waals surface area (Å²) in [6, 6.07) is 10.9. The summed E-state index contributed by atoms with van der Waals surface area (Å²) in [6.07, 6.45) is 0. The van der Waals surface area contributed by atoms with Crippen molar-refractivity contribution >= 4 is 23.5 Å². The number of amides is 2. The summed E-state index contributed by atoms with van der Waals surface area (Å²) in [6.45, 7) is 3.36. The highest BCUT2D eigenvalue weighted by Crippen LogP contribution is 2.31. The van der Waals surface area contributed by atoms with Gasteiger partial charge in [0.05, 0.1) is 5.69 Å². The lowest BCUT2D eigenvalue weighted by Gasteiger charge is -2.29. The molecular formula is C20H20N2O5. The number of aryl methyl sites for hydroxylation is 2. The lowest BCUT2D eigenvalue weighted by atomic mass is 10.0. The average Bonchev–Trinajstić information content (AvgIpc) is 2.64. The van der Waals surface area contributed by atoms with Gasteiger partial charge in [-0.1, -0.05) is 30.3 Å². The quantitative estimate of drug-likeness (QED) is 0.841. The Hall–Kier alpha value is -3.35. The summed E-state index contributed by atoms with van der Waals surface area (Å²) >= 11 is 0. The van der Waals surface area contributed by atoms with Gasteiger partial charge >= 0.3 is 5.97 Å². The largest absolute Gasteiger partial charge is 0.482 e. The Morgan fingerprint density at radius 2 is 1.93 bits per heavy atom. The number of rotatable bonds is 5. The van der Waals surface area contributed by atoms with Crippen LogP contribution in [0.5, 0.6) is 5.75 Å². The van der Waals surface area contributed by atoms with Crippen molar-refractivity contribution in [2.45, 2.75) is 19.9 Å². The molecule has 1 aliphatic rings. The molecule has 27 heavy (non-hydrogen) atoms. The Balaban J connectivity index is 1.78. The normalized spacial score (nSPS) is 14.1. The third-order valence-corrected chi connectivity index (χ3v) is 4.53. The topological polar surface area (TPSA) is 95.9 Å². The number of ether oxygens (including phenoxy) is 1. The van der Waals surface area contributed by atoms with Crippen molar-refractivity contribution in [2.75, 3.05) is 18.1 Å². The van der Waals surface area contributed by atoms with Crippen molar-refractivity contribution in [2.24, 2.45) is 0 Å². The fourth-order valence-electron chi connectivity index (χ4n) is 2.91. The van der Waals surface area contributed by atoms with E-state index >= 15 is 0 Å². The number of carbonyl (C=O) groups excluding carboxylic acids is 2. The molecule has 1 heterocycles. The predicted molar refractivity (Wildman–Crippen MR) is 98.7 cm³/mol. The molecule has 7 heteroatoms.